The fraction of sp³-hybridized carbons (Fsp3) is 0.812. The van der Waals surface area contributed by atoms with Gasteiger partial charge < -0.3 is 19.7 Å². The molecule has 1 heterocycles. The zero-order valence-corrected chi connectivity index (χ0v) is 13.8. The Morgan fingerprint density at radius 2 is 2.05 bits per heavy atom. The Morgan fingerprint density at radius 1 is 1.29 bits per heavy atom. The Bertz CT molecular complexity index is 373. The van der Waals surface area contributed by atoms with Crippen LogP contribution in [0.15, 0.2) is 4.52 Å². The standard InChI is InChI=1S/C16H30N2O3/c1-5-6-7-8-9-20-11-15(19)10-17-12(2)16-13(3)18-21-14(16)4/h12,15,17,19H,5-11H2,1-4H3. The second kappa shape index (κ2) is 9.92. The topological polar surface area (TPSA) is 67.5 Å². The van der Waals surface area contributed by atoms with E-state index in [1.807, 2.05) is 20.8 Å². The highest BCUT2D eigenvalue weighted by atomic mass is 16.5. The van der Waals surface area contributed by atoms with E-state index >= 15 is 0 Å². The molecular formula is C16H30N2O3. The number of ether oxygens (including phenoxy) is 1. The highest BCUT2D eigenvalue weighted by Gasteiger charge is 2.16. The van der Waals surface area contributed by atoms with E-state index in [1.165, 1.54) is 19.3 Å². The van der Waals surface area contributed by atoms with Gasteiger partial charge >= 0.3 is 0 Å². The summed E-state index contributed by atoms with van der Waals surface area (Å²) in [6.07, 6.45) is 4.27. The number of hydrogen-bond donors (Lipinski definition) is 2. The lowest BCUT2D eigenvalue weighted by molar-refractivity contribution is 0.0343. The summed E-state index contributed by atoms with van der Waals surface area (Å²) >= 11 is 0. The fourth-order valence-electron chi connectivity index (χ4n) is 2.43. The molecule has 21 heavy (non-hydrogen) atoms. The van der Waals surface area contributed by atoms with E-state index in [1.54, 1.807) is 0 Å². The maximum Gasteiger partial charge on any atom is 0.138 e. The molecule has 1 rings (SSSR count). The largest absolute Gasteiger partial charge is 0.389 e. The van der Waals surface area contributed by atoms with Crippen LogP contribution in [0.3, 0.4) is 0 Å². The molecule has 2 unspecified atom stereocenters. The first-order valence-electron chi connectivity index (χ1n) is 7.98. The molecule has 0 aliphatic heterocycles. The SMILES string of the molecule is CCCCCCOCC(O)CNC(C)c1c(C)noc1C. The van der Waals surface area contributed by atoms with Crippen LogP contribution in [0, 0.1) is 13.8 Å². The summed E-state index contributed by atoms with van der Waals surface area (Å²) in [6, 6.07) is 0.107. The van der Waals surface area contributed by atoms with Crippen molar-refractivity contribution < 1.29 is 14.4 Å². The van der Waals surface area contributed by atoms with Crippen molar-refractivity contribution in [1.82, 2.24) is 10.5 Å². The maximum atomic E-state index is 9.91. The van der Waals surface area contributed by atoms with E-state index in [0.717, 1.165) is 30.0 Å². The van der Waals surface area contributed by atoms with Crippen LogP contribution in [-0.2, 0) is 4.74 Å². The Hall–Kier alpha value is -0.910. The van der Waals surface area contributed by atoms with Crippen LogP contribution in [0.5, 0.6) is 0 Å². The van der Waals surface area contributed by atoms with E-state index in [0.29, 0.717) is 13.2 Å². The third-order valence-electron chi connectivity index (χ3n) is 3.63. The normalized spacial score (nSPS) is 14.3. The smallest absolute Gasteiger partial charge is 0.138 e. The molecule has 0 amide bonds. The first-order valence-corrected chi connectivity index (χ1v) is 7.98. The van der Waals surface area contributed by atoms with Crippen molar-refractivity contribution in [3.63, 3.8) is 0 Å². The zero-order valence-electron chi connectivity index (χ0n) is 13.8. The Balaban J connectivity index is 2.16. The Kier molecular flexibility index (Phi) is 8.57. The summed E-state index contributed by atoms with van der Waals surface area (Å²) in [5.74, 6) is 0.828. The van der Waals surface area contributed by atoms with Gasteiger partial charge in [0, 0.05) is 24.8 Å². The molecule has 2 N–H and O–H groups in total. The number of aromatic nitrogens is 1. The van der Waals surface area contributed by atoms with Crippen LogP contribution < -0.4 is 5.32 Å². The summed E-state index contributed by atoms with van der Waals surface area (Å²) in [5.41, 5.74) is 1.97. The van der Waals surface area contributed by atoms with E-state index in [9.17, 15) is 5.11 Å². The summed E-state index contributed by atoms with van der Waals surface area (Å²) in [5, 5.41) is 17.2. The molecule has 0 fully saturated rings. The third-order valence-corrected chi connectivity index (χ3v) is 3.63. The highest BCUT2D eigenvalue weighted by molar-refractivity contribution is 5.24. The van der Waals surface area contributed by atoms with Crippen LogP contribution in [0.25, 0.3) is 0 Å². The van der Waals surface area contributed by atoms with E-state index in [4.69, 9.17) is 9.26 Å². The first kappa shape index (κ1) is 18.1. The predicted octanol–water partition coefficient (Wildman–Crippen LogP) is 2.90. The summed E-state index contributed by atoms with van der Waals surface area (Å²) in [4.78, 5) is 0. The molecule has 122 valence electrons. The second-order valence-electron chi connectivity index (χ2n) is 5.66. The third kappa shape index (κ3) is 6.59. The van der Waals surface area contributed by atoms with Gasteiger partial charge in [-0.3, -0.25) is 0 Å². The van der Waals surface area contributed by atoms with Gasteiger partial charge in [0.25, 0.3) is 0 Å². The lowest BCUT2D eigenvalue weighted by Gasteiger charge is -2.17. The van der Waals surface area contributed by atoms with Crippen molar-refractivity contribution in [3.8, 4) is 0 Å². The van der Waals surface area contributed by atoms with Gasteiger partial charge in [-0.05, 0) is 27.2 Å². The lowest BCUT2D eigenvalue weighted by atomic mass is 10.1. The van der Waals surface area contributed by atoms with Gasteiger partial charge in [-0.2, -0.15) is 0 Å². The van der Waals surface area contributed by atoms with Crippen molar-refractivity contribution in [3.05, 3.63) is 17.0 Å². The zero-order chi connectivity index (χ0) is 15.7. The number of aryl methyl sites for hydroxylation is 2. The van der Waals surface area contributed by atoms with Gasteiger partial charge in [-0.15, -0.1) is 0 Å². The van der Waals surface area contributed by atoms with Crippen molar-refractivity contribution in [1.29, 1.82) is 0 Å². The van der Waals surface area contributed by atoms with Gasteiger partial charge in [-0.1, -0.05) is 31.3 Å². The number of unbranched alkanes of at least 4 members (excludes halogenated alkanes) is 3. The molecular weight excluding hydrogens is 268 g/mol. The van der Waals surface area contributed by atoms with Crippen molar-refractivity contribution in [2.45, 2.75) is 65.5 Å². The minimum absolute atomic E-state index is 0.107. The average Bonchev–Trinajstić information content (AvgIpc) is 2.79. The molecule has 5 nitrogen and oxygen atoms in total. The molecule has 2 atom stereocenters. The van der Waals surface area contributed by atoms with E-state index < -0.39 is 6.10 Å². The summed E-state index contributed by atoms with van der Waals surface area (Å²) in [6.45, 7) is 9.69. The summed E-state index contributed by atoms with van der Waals surface area (Å²) in [7, 11) is 0. The number of aliphatic hydroxyl groups is 1. The number of nitrogens with one attached hydrogen (secondary N) is 1. The predicted molar refractivity (Wildman–Crippen MR) is 83.4 cm³/mol. The fourth-order valence-corrected chi connectivity index (χ4v) is 2.43. The van der Waals surface area contributed by atoms with Crippen LogP contribution in [0.1, 0.15) is 62.6 Å². The van der Waals surface area contributed by atoms with Gasteiger partial charge in [0.2, 0.25) is 0 Å². The van der Waals surface area contributed by atoms with Gasteiger partial charge in [-0.25, -0.2) is 0 Å². The minimum atomic E-state index is -0.487. The van der Waals surface area contributed by atoms with Gasteiger partial charge in [0.1, 0.15) is 5.76 Å². The Morgan fingerprint density at radius 3 is 2.67 bits per heavy atom. The molecule has 0 saturated carbocycles. The first-order chi connectivity index (χ1) is 10.1. The number of rotatable bonds is 11. The lowest BCUT2D eigenvalue weighted by Crippen LogP contribution is -2.32. The molecule has 0 saturated heterocycles. The summed E-state index contributed by atoms with van der Waals surface area (Å²) < 4.78 is 10.6. The number of hydrogen-bond acceptors (Lipinski definition) is 5. The quantitative estimate of drug-likeness (QED) is 0.615. The van der Waals surface area contributed by atoms with E-state index in [2.05, 4.69) is 17.4 Å². The number of aliphatic hydroxyl groups excluding tert-OH is 1. The van der Waals surface area contributed by atoms with Crippen molar-refractivity contribution >= 4 is 0 Å². The minimum Gasteiger partial charge on any atom is -0.389 e. The van der Waals surface area contributed by atoms with Gasteiger partial charge in [0.05, 0.1) is 18.4 Å². The molecule has 0 aliphatic carbocycles. The monoisotopic (exact) mass is 298 g/mol. The van der Waals surface area contributed by atoms with Crippen molar-refractivity contribution in [2.24, 2.45) is 0 Å². The molecule has 1 aromatic rings. The molecule has 0 spiro atoms. The van der Waals surface area contributed by atoms with Gasteiger partial charge in [0.15, 0.2) is 0 Å². The average molecular weight is 298 g/mol. The molecule has 5 heteroatoms. The van der Waals surface area contributed by atoms with Crippen molar-refractivity contribution in [2.75, 3.05) is 19.8 Å². The van der Waals surface area contributed by atoms with Crippen LogP contribution in [-0.4, -0.2) is 36.1 Å². The molecule has 0 radical (unpaired) electrons. The Labute approximate surface area is 128 Å². The van der Waals surface area contributed by atoms with E-state index in [-0.39, 0.29) is 6.04 Å². The molecule has 0 aromatic carbocycles. The molecule has 1 aromatic heterocycles. The number of nitrogens with zero attached hydrogens (tertiary/aromatic N) is 1. The second-order valence-corrected chi connectivity index (χ2v) is 5.66. The highest BCUT2D eigenvalue weighted by Crippen LogP contribution is 2.20. The molecule has 0 aliphatic rings. The van der Waals surface area contributed by atoms with Crippen LogP contribution >= 0.6 is 0 Å². The molecule has 0 bridgehead atoms. The van der Waals surface area contributed by atoms with Crippen LogP contribution in [0.2, 0.25) is 0 Å². The van der Waals surface area contributed by atoms with Crippen LogP contribution in [0.4, 0.5) is 0 Å². The maximum absolute atomic E-state index is 9.91.